The molecular weight excluding hydrogens is 743 g/mol. The van der Waals surface area contributed by atoms with E-state index in [0.717, 1.165) is 55.6 Å². The molecule has 272 valence electrons. The number of anilines is 3. The molecule has 9 aromatic carbocycles. The molecule has 0 bridgehead atoms. The maximum Gasteiger partial charge on any atom is 0.143 e. The second-order valence-electron chi connectivity index (χ2n) is 14.8. The molecule has 0 amide bonds. The zero-order chi connectivity index (χ0) is 38.2. The zero-order valence-electron chi connectivity index (χ0n) is 31.2. The second-order valence-corrected chi connectivity index (χ2v) is 17.0. The Morgan fingerprint density at radius 2 is 0.914 bits per heavy atom. The lowest BCUT2D eigenvalue weighted by Gasteiger charge is -2.27. The normalized spacial score (nSPS) is 11.8. The largest absolute Gasteiger partial charge is 0.455 e. The van der Waals surface area contributed by atoms with E-state index in [2.05, 4.69) is 199 Å². The molecule has 0 unspecified atom stereocenters. The van der Waals surface area contributed by atoms with E-state index >= 15 is 0 Å². The number of nitrogens with zero attached hydrogens (tertiary/aromatic N) is 1. The third-order valence-corrected chi connectivity index (χ3v) is 13.8. The lowest BCUT2D eigenvalue weighted by atomic mass is 9.99. The minimum Gasteiger partial charge on any atom is -0.455 e. The third-order valence-electron chi connectivity index (χ3n) is 11.5. The topological polar surface area (TPSA) is 16.4 Å². The van der Waals surface area contributed by atoms with Gasteiger partial charge >= 0.3 is 0 Å². The van der Waals surface area contributed by atoms with Crippen LogP contribution in [0.4, 0.5) is 17.1 Å². The number of hydrogen-bond donors (Lipinski definition) is 0. The van der Waals surface area contributed by atoms with E-state index in [4.69, 9.17) is 4.42 Å². The average molecular weight is 776 g/mol. The first-order valence-corrected chi connectivity index (χ1v) is 21.2. The van der Waals surface area contributed by atoms with Crippen LogP contribution in [0.1, 0.15) is 0 Å². The van der Waals surface area contributed by atoms with E-state index < -0.39 is 0 Å². The van der Waals surface area contributed by atoms with Crippen molar-refractivity contribution in [1.82, 2.24) is 0 Å². The van der Waals surface area contributed by atoms with Gasteiger partial charge in [0.25, 0.3) is 0 Å². The second kappa shape index (κ2) is 13.3. The van der Waals surface area contributed by atoms with Crippen LogP contribution < -0.4 is 4.90 Å². The Kier molecular flexibility index (Phi) is 7.62. The zero-order valence-corrected chi connectivity index (χ0v) is 32.9. The molecule has 0 N–H and O–H groups in total. The monoisotopic (exact) mass is 775 g/mol. The highest BCUT2D eigenvalue weighted by atomic mass is 32.1. The van der Waals surface area contributed by atoms with Crippen LogP contribution in [0.5, 0.6) is 0 Å². The summed E-state index contributed by atoms with van der Waals surface area (Å²) in [7, 11) is 0. The molecule has 0 aliphatic rings. The Balaban J connectivity index is 0.954. The summed E-state index contributed by atoms with van der Waals surface area (Å²) in [5, 5.41) is 7.46. The first-order valence-electron chi connectivity index (χ1n) is 19.6. The van der Waals surface area contributed by atoms with Gasteiger partial charge in [-0.25, -0.2) is 0 Å². The van der Waals surface area contributed by atoms with Gasteiger partial charge in [-0.2, -0.15) is 0 Å². The third kappa shape index (κ3) is 5.37. The van der Waals surface area contributed by atoms with Crippen molar-refractivity contribution in [3.63, 3.8) is 0 Å². The van der Waals surface area contributed by atoms with Gasteiger partial charge in [0.2, 0.25) is 0 Å². The van der Waals surface area contributed by atoms with Gasteiger partial charge in [0.15, 0.2) is 0 Å². The fourth-order valence-corrected chi connectivity index (χ4v) is 11.0. The van der Waals surface area contributed by atoms with Crippen LogP contribution in [-0.2, 0) is 0 Å². The quantitative estimate of drug-likeness (QED) is 0.167. The molecule has 0 saturated heterocycles. The first kappa shape index (κ1) is 33.2. The molecule has 0 aliphatic carbocycles. The molecule has 2 nitrogen and oxygen atoms in total. The van der Waals surface area contributed by atoms with E-state index in [9.17, 15) is 0 Å². The highest BCUT2D eigenvalue weighted by molar-refractivity contribution is 7.26. The van der Waals surface area contributed by atoms with Gasteiger partial charge < -0.3 is 9.32 Å². The van der Waals surface area contributed by atoms with Gasteiger partial charge in [-0.15, -0.1) is 22.7 Å². The van der Waals surface area contributed by atoms with Crippen LogP contribution in [0.2, 0.25) is 0 Å². The standard InChI is InChI=1S/C54H33NOS2/c1-2-10-36(11-3-1)41-14-8-15-44-46-32-37(25-31-48(46)56-54(41)44)34-20-26-39(27-21-34)55(47-16-9-19-51-53(47)45-13-5-7-18-50(45)57-51)40-28-22-35(23-29-40)38-24-30-43-42-12-4-6-17-49(42)58-52(43)33-38/h1-33H. The summed E-state index contributed by atoms with van der Waals surface area (Å²) in [6.07, 6.45) is 0. The molecular formula is C54H33NOS2. The summed E-state index contributed by atoms with van der Waals surface area (Å²) in [5.41, 5.74) is 12.2. The minimum atomic E-state index is 0.896. The number of hydrogen-bond acceptors (Lipinski definition) is 4. The summed E-state index contributed by atoms with van der Waals surface area (Å²) < 4.78 is 11.7. The summed E-state index contributed by atoms with van der Waals surface area (Å²) >= 11 is 3.72. The van der Waals surface area contributed by atoms with Crippen molar-refractivity contribution in [3.05, 3.63) is 200 Å². The maximum atomic E-state index is 6.50. The van der Waals surface area contributed by atoms with E-state index in [1.54, 1.807) is 0 Å². The number of para-hydroxylation sites is 1. The molecule has 12 rings (SSSR count). The van der Waals surface area contributed by atoms with Crippen molar-refractivity contribution in [2.75, 3.05) is 4.90 Å². The summed E-state index contributed by atoms with van der Waals surface area (Å²) in [6.45, 7) is 0. The Hall–Kier alpha value is -6.98. The van der Waals surface area contributed by atoms with Crippen LogP contribution >= 0.6 is 22.7 Å². The van der Waals surface area contributed by atoms with Crippen molar-refractivity contribution in [2.45, 2.75) is 0 Å². The average Bonchev–Trinajstić information content (AvgIpc) is 3.98. The molecule has 58 heavy (non-hydrogen) atoms. The molecule has 4 heteroatoms. The van der Waals surface area contributed by atoms with Gasteiger partial charge in [0.1, 0.15) is 11.2 Å². The van der Waals surface area contributed by atoms with Gasteiger partial charge in [0, 0.05) is 68.1 Å². The van der Waals surface area contributed by atoms with Gasteiger partial charge in [-0.05, 0) is 94.5 Å². The smallest absolute Gasteiger partial charge is 0.143 e. The predicted molar refractivity (Wildman–Crippen MR) is 250 cm³/mol. The van der Waals surface area contributed by atoms with E-state index in [1.165, 1.54) is 57.2 Å². The van der Waals surface area contributed by atoms with Gasteiger partial charge in [-0.3, -0.25) is 0 Å². The molecule has 0 aliphatic heterocycles. The van der Waals surface area contributed by atoms with E-state index in [1.807, 2.05) is 28.7 Å². The Morgan fingerprint density at radius 3 is 1.69 bits per heavy atom. The number of fused-ring (bicyclic) bond motifs is 9. The van der Waals surface area contributed by atoms with Crippen LogP contribution in [0.25, 0.3) is 95.7 Å². The molecule has 0 spiro atoms. The summed E-state index contributed by atoms with van der Waals surface area (Å²) in [5.74, 6) is 0. The molecule has 3 aromatic heterocycles. The van der Waals surface area contributed by atoms with E-state index in [-0.39, 0.29) is 0 Å². The van der Waals surface area contributed by atoms with E-state index in [0.29, 0.717) is 0 Å². The highest BCUT2D eigenvalue weighted by Gasteiger charge is 2.20. The van der Waals surface area contributed by atoms with Crippen molar-refractivity contribution >= 4 is 102 Å². The van der Waals surface area contributed by atoms with Crippen molar-refractivity contribution in [1.29, 1.82) is 0 Å². The van der Waals surface area contributed by atoms with Crippen LogP contribution in [0.15, 0.2) is 205 Å². The number of rotatable bonds is 6. The minimum absolute atomic E-state index is 0.896. The Morgan fingerprint density at radius 1 is 0.345 bits per heavy atom. The Bertz CT molecular complexity index is 3500. The number of benzene rings is 9. The highest BCUT2D eigenvalue weighted by Crippen LogP contribution is 2.46. The van der Waals surface area contributed by atoms with Crippen molar-refractivity contribution in [3.8, 4) is 33.4 Å². The molecule has 0 atom stereocenters. The SMILES string of the molecule is c1ccc(-c2cccc3c2oc2ccc(-c4ccc(N(c5ccc(-c6ccc7c(c6)sc6ccccc67)cc5)c5cccc6sc7ccccc7c56)cc4)cc23)cc1. The Labute approximate surface area is 343 Å². The van der Waals surface area contributed by atoms with Crippen molar-refractivity contribution < 1.29 is 4.42 Å². The van der Waals surface area contributed by atoms with Crippen LogP contribution in [0.3, 0.4) is 0 Å². The lowest BCUT2D eigenvalue weighted by Crippen LogP contribution is -2.10. The maximum absolute atomic E-state index is 6.50. The summed E-state index contributed by atoms with van der Waals surface area (Å²) in [4.78, 5) is 2.42. The molecule has 0 radical (unpaired) electrons. The van der Waals surface area contributed by atoms with Gasteiger partial charge in [0.05, 0.1) is 5.69 Å². The molecule has 0 saturated carbocycles. The molecule has 3 heterocycles. The fourth-order valence-electron chi connectivity index (χ4n) is 8.70. The van der Waals surface area contributed by atoms with Gasteiger partial charge in [-0.1, -0.05) is 133 Å². The number of thiophene rings is 2. The van der Waals surface area contributed by atoms with Crippen LogP contribution in [-0.4, -0.2) is 0 Å². The summed E-state index contributed by atoms with van der Waals surface area (Å²) in [6, 6.07) is 72.6. The number of furan rings is 1. The first-order chi connectivity index (χ1) is 28.7. The van der Waals surface area contributed by atoms with Crippen LogP contribution in [0, 0.1) is 0 Å². The van der Waals surface area contributed by atoms with Crippen molar-refractivity contribution in [2.24, 2.45) is 0 Å². The fraction of sp³-hybridized carbons (Fsp3) is 0. The molecule has 12 aromatic rings. The predicted octanol–water partition coefficient (Wildman–Crippen LogP) is 16.8. The molecule has 0 fully saturated rings. The lowest BCUT2D eigenvalue weighted by molar-refractivity contribution is 0.670.